The summed E-state index contributed by atoms with van der Waals surface area (Å²) in [5.74, 6) is 0.161. The zero-order valence-corrected chi connectivity index (χ0v) is 26.5. The van der Waals surface area contributed by atoms with E-state index in [2.05, 4.69) is 37.9 Å². The summed E-state index contributed by atoms with van der Waals surface area (Å²) in [5.41, 5.74) is 6.39. The van der Waals surface area contributed by atoms with Crippen LogP contribution in [-0.4, -0.2) is 78.0 Å². The molecule has 0 radical (unpaired) electrons. The van der Waals surface area contributed by atoms with Gasteiger partial charge in [0.25, 0.3) is 0 Å². The zero-order chi connectivity index (χ0) is 30.2. The number of hydrogen-bond donors (Lipinski definition) is 2. The van der Waals surface area contributed by atoms with Crippen molar-refractivity contribution >= 4 is 29.3 Å². The molecule has 232 valence electrons. The molecule has 0 spiro atoms. The predicted molar refractivity (Wildman–Crippen MR) is 164 cm³/mol. The lowest BCUT2D eigenvalue weighted by Crippen LogP contribution is -2.53. The van der Waals surface area contributed by atoms with Crippen LogP contribution in [-0.2, 0) is 19.1 Å². The Kier molecular flexibility index (Phi) is 9.27. The fraction of sp³-hybridized carbons (Fsp3) is 0.727. The lowest BCUT2D eigenvalue weighted by Gasteiger charge is -2.45. The summed E-state index contributed by atoms with van der Waals surface area (Å²) >= 11 is 6.18. The molecule has 0 aromatic heterocycles. The molecule has 4 fully saturated rings. The minimum atomic E-state index is -0.737. The van der Waals surface area contributed by atoms with Gasteiger partial charge in [-0.2, -0.15) is 0 Å². The molecule has 3 saturated heterocycles. The van der Waals surface area contributed by atoms with Gasteiger partial charge < -0.3 is 20.7 Å². The molecular formula is C33H49ClN4O4. The molecule has 0 bridgehead atoms. The van der Waals surface area contributed by atoms with Gasteiger partial charge in [-0.05, 0) is 82.4 Å². The topological polar surface area (TPSA) is 105 Å². The minimum Gasteiger partial charge on any atom is -0.381 e. The van der Waals surface area contributed by atoms with Crippen molar-refractivity contribution in [2.75, 3.05) is 32.8 Å². The average Bonchev–Trinajstić information content (AvgIpc) is 3.59. The van der Waals surface area contributed by atoms with E-state index >= 15 is 0 Å². The fourth-order valence-electron chi connectivity index (χ4n) is 8.01. The SMILES string of the molecule is CC(C)(C)N1C[C@@H](C(=O)N2C[C@@H](NC(=O)C3([C@H]4CC[C@@H](C)CC4)CCOCC3)C[C@H]2C(N)=O)[C@H](c2ccc(Cl)cc2)C1. The van der Waals surface area contributed by atoms with Crippen LogP contribution in [0.15, 0.2) is 24.3 Å². The first kappa shape index (κ1) is 31.3. The van der Waals surface area contributed by atoms with E-state index in [-0.39, 0.29) is 35.2 Å². The third-order valence-electron chi connectivity index (χ3n) is 10.8. The van der Waals surface area contributed by atoms with Crippen LogP contribution in [0, 0.1) is 23.2 Å². The zero-order valence-electron chi connectivity index (χ0n) is 25.7. The Morgan fingerprint density at radius 2 is 1.64 bits per heavy atom. The molecular weight excluding hydrogens is 552 g/mol. The van der Waals surface area contributed by atoms with Crippen molar-refractivity contribution in [3.8, 4) is 0 Å². The number of halogens is 1. The highest BCUT2D eigenvalue weighted by molar-refractivity contribution is 6.30. The number of likely N-dealkylation sites (tertiary alicyclic amines) is 2. The summed E-state index contributed by atoms with van der Waals surface area (Å²) in [4.78, 5) is 45.1. The number of hydrogen-bond acceptors (Lipinski definition) is 5. The number of nitrogens with two attached hydrogens (primary N) is 1. The third kappa shape index (κ3) is 6.36. The molecule has 1 aromatic carbocycles. The maximum absolute atomic E-state index is 14.3. The van der Waals surface area contributed by atoms with Gasteiger partial charge in [-0.3, -0.25) is 19.3 Å². The van der Waals surface area contributed by atoms with E-state index in [0.717, 1.165) is 50.6 Å². The van der Waals surface area contributed by atoms with Crippen LogP contribution in [0.3, 0.4) is 0 Å². The van der Waals surface area contributed by atoms with Crippen molar-refractivity contribution in [2.45, 2.75) is 96.2 Å². The highest BCUT2D eigenvalue weighted by Crippen LogP contribution is 2.47. The van der Waals surface area contributed by atoms with Gasteiger partial charge >= 0.3 is 0 Å². The number of primary amides is 1. The van der Waals surface area contributed by atoms with Gasteiger partial charge in [0.1, 0.15) is 6.04 Å². The van der Waals surface area contributed by atoms with Crippen LogP contribution in [0.2, 0.25) is 5.02 Å². The Balaban J connectivity index is 1.34. The van der Waals surface area contributed by atoms with Gasteiger partial charge in [0.15, 0.2) is 0 Å². The molecule has 3 heterocycles. The van der Waals surface area contributed by atoms with Crippen LogP contribution in [0.4, 0.5) is 0 Å². The maximum Gasteiger partial charge on any atom is 0.240 e. The monoisotopic (exact) mass is 600 g/mol. The quantitative estimate of drug-likeness (QED) is 0.505. The Morgan fingerprint density at radius 1 is 1.00 bits per heavy atom. The average molecular weight is 601 g/mol. The van der Waals surface area contributed by atoms with E-state index in [0.29, 0.717) is 49.6 Å². The van der Waals surface area contributed by atoms with Gasteiger partial charge in [0.05, 0.1) is 11.3 Å². The first-order chi connectivity index (χ1) is 19.9. The summed E-state index contributed by atoms with van der Waals surface area (Å²) < 4.78 is 5.69. The number of rotatable bonds is 6. The highest BCUT2D eigenvalue weighted by Gasteiger charge is 2.51. The van der Waals surface area contributed by atoms with E-state index in [4.69, 9.17) is 22.1 Å². The first-order valence-corrected chi connectivity index (χ1v) is 16.3. The lowest BCUT2D eigenvalue weighted by molar-refractivity contribution is -0.144. The van der Waals surface area contributed by atoms with E-state index in [1.807, 2.05) is 24.3 Å². The van der Waals surface area contributed by atoms with Crippen molar-refractivity contribution in [1.29, 1.82) is 0 Å². The molecule has 4 aliphatic rings. The Morgan fingerprint density at radius 3 is 2.24 bits per heavy atom. The number of amides is 3. The number of carbonyl (C=O) groups excluding carboxylic acids is 3. The standard InChI is InChI=1S/C33H49ClN4O4/c1-21-5-9-23(10-6-21)33(13-15-42-16-14-33)31(41)36-25-17-28(29(35)39)38(18-25)30(40)27-20-37(32(2,3)4)19-26(27)22-7-11-24(34)12-8-22/h7-8,11-12,21,23,25-28H,5-6,9-10,13-20H2,1-4H3,(H2,35,39)(H,36,41)/t21-,23+,25-,26-,27+,28-/m0/s1. The third-order valence-corrected chi connectivity index (χ3v) is 11.0. The molecule has 1 aromatic rings. The van der Waals surface area contributed by atoms with E-state index < -0.39 is 17.4 Å². The van der Waals surface area contributed by atoms with Crippen molar-refractivity contribution in [2.24, 2.45) is 28.9 Å². The fourth-order valence-corrected chi connectivity index (χ4v) is 8.14. The van der Waals surface area contributed by atoms with Gasteiger partial charge in [0, 0.05) is 55.4 Å². The Bertz CT molecular complexity index is 1140. The molecule has 9 heteroatoms. The second-order valence-electron chi connectivity index (χ2n) is 14.4. The second kappa shape index (κ2) is 12.4. The van der Waals surface area contributed by atoms with Crippen LogP contribution >= 0.6 is 11.6 Å². The van der Waals surface area contributed by atoms with Crippen LogP contribution in [0.1, 0.15) is 84.1 Å². The summed E-state index contributed by atoms with van der Waals surface area (Å²) in [6.07, 6.45) is 6.22. The maximum atomic E-state index is 14.3. The summed E-state index contributed by atoms with van der Waals surface area (Å²) in [6, 6.07) is 6.68. The molecule has 1 aliphatic carbocycles. The molecule has 0 unspecified atom stereocenters. The van der Waals surface area contributed by atoms with E-state index in [9.17, 15) is 14.4 Å². The number of benzene rings is 1. The molecule has 1 saturated carbocycles. The number of carbonyl (C=O) groups is 3. The molecule has 3 N–H and O–H groups in total. The van der Waals surface area contributed by atoms with Gasteiger partial charge in [-0.1, -0.05) is 43.5 Å². The van der Waals surface area contributed by atoms with Gasteiger partial charge in [0.2, 0.25) is 17.7 Å². The van der Waals surface area contributed by atoms with Crippen LogP contribution in [0.5, 0.6) is 0 Å². The summed E-state index contributed by atoms with van der Waals surface area (Å²) in [5, 5.41) is 3.98. The lowest BCUT2D eigenvalue weighted by atomic mass is 9.63. The number of ether oxygens (including phenoxy) is 1. The Labute approximate surface area is 256 Å². The predicted octanol–water partition coefficient (Wildman–Crippen LogP) is 4.35. The van der Waals surface area contributed by atoms with Crippen molar-refractivity contribution < 1.29 is 19.1 Å². The number of nitrogens with zero attached hydrogens (tertiary/aromatic N) is 2. The molecule has 4 atom stereocenters. The molecule has 5 rings (SSSR count). The van der Waals surface area contributed by atoms with Crippen molar-refractivity contribution in [3.05, 3.63) is 34.9 Å². The molecule has 8 nitrogen and oxygen atoms in total. The van der Waals surface area contributed by atoms with Gasteiger partial charge in [-0.15, -0.1) is 0 Å². The first-order valence-electron chi connectivity index (χ1n) is 15.9. The largest absolute Gasteiger partial charge is 0.381 e. The van der Waals surface area contributed by atoms with E-state index in [1.54, 1.807) is 4.90 Å². The van der Waals surface area contributed by atoms with Crippen LogP contribution < -0.4 is 11.1 Å². The summed E-state index contributed by atoms with van der Waals surface area (Å²) in [6.45, 7) is 11.6. The molecule has 3 amide bonds. The summed E-state index contributed by atoms with van der Waals surface area (Å²) in [7, 11) is 0. The highest BCUT2D eigenvalue weighted by atomic mass is 35.5. The van der Waals surface area contributed by atoms with Crippen LogP contribution in [0.25, 0.3) is 0 Å². The molecule has 42 heavy (non-hydrogen) atoms. The van der Waals surface area contributed by atoms with Crippen molar-refractivity contribution in [3.63, 3.8) is 0 Å². The van der Waals surface area contributed by atoms with Crippen molar-refractivity contribution in [1.82, 2.24) is 15.1 Å². The van der Waals surface area contributed by atoms with Gasteiger partial charge in [-0.25, -0.2) is 0 Å². The van der Waals surface area contributed by atoms with E-state index in [1.165, 1.54) is 0 Å². The normalized spacial score (nSPS) is 32.1. The second-order valence-corrected chi connectivity index (χ2v) is 14.8. The number of nitrogens with one attached hydrogen (secondary N) is 1. The minimum absolute atomic E-state index is 0.0321. The Hall–Kier alpha value is -2.16. The smallest absolute Gasteiger partial charge is 0.240 e. The molecule has 3 aliphatic heterocycles.